The number of carbonyl (C=O) groups excluding carboxylic acids is 1. The largest absolute Gasteiger partial charge is 0.472 e. The Hall–Kier alpha value is -3.62. The number of unbranched alkanes of at least 4 members (excludes halogenated alkanes) is 11. The number of likely N-dealkylation sites (N-methyl/N-ethyl adjacent to an activating group) is 1. The maximum Gasteiger partial charge on any atom is 0.472 e. The second-order valence-corrected chi connectivity index (χ2v) is 20.0. The predicted molar refractivity (Wildman–Crippen MR) is 299 cm³/mol. The van der Waals surface area contributed by atoms with E-state index in [0.717, 1.165) is 128 Å². The van der Waals surface area contributed by atoms with Crippen molar-refractivity contribution in [2.45, 2.75) is 187 Å². The van der Waals surface area contributed by atoms with Crippen LogP contribution >= 0.6 is 7.82 Å². The van der Waals surface area contributed by atoms with Crippen LogP contribution in [0.4, 0.5) is 0 Å². The lowest BCUT2D eigenvalue weighted by Gasteiger charge is -2.25. The van der Waals surface area contributed by atoms with Crippen molar-refractivity contribution in [1.82, 2.24) is 5.32 Å². The van der Waals surface area contributed by atoms with Crippen LogP contribution in [0.2, 0.25) is 0 Å². The Balaban J connectivity index is 4.01. The molecule has 0 heterocycles. The fraction of sp³-hybridized carbons (Fsp3) is 0.583. The number of phosphoric acid groups is 1. The van der Waals surface area contributed by atoms with Crippen LogP contribution in [0.5, 0.6) is 0 Å². The molecule has 0 aliphatic carbocycles. The van der Waals surface area contributed by atoms with Gasteiger partial charge in [0.2, 0.25) is 5.91 Å². The Bertz CT molecular complexity index is 1620. The van der Waals surface area contributed by atoms with E-state index < -0.39 is 20.0 Å². The summed E-state index contributed by atoms with van der Waals surface area (Å²) >= 11 is 0. The van der Waals surface area contributed by atoms with Crippen LogP contribution in [0.25, 0.3) is 0 Å². The second kappa shape index (κ2) is 49.4. The number of aliphatic hydroxyl groups excluding tert-OH is 1. The Labute approximate surface area is 423 Å². The zero-order chi connectivity index (χ0) is 50.6. The van der Waals surface area contributed by atoms with Gasteiger partial charge in [0.05, 0.1) is 39.9 Å². The summed E-state index contributed by atoms with van der Waals surface area (Å²) in [4.78, 5) is 23.0. The highest BCUT2D eigenvalue weighted by Gasteiger charge is 2.27. The van der Waals surface area contributed by atoms with Gasteiger partial charge in [-0.1, -0.05) is 211 Å². The minimum Gasteiger partial charge on any atom is -0.387 e. The lowest BCUT2D eigenvalue weighted by atomic mass is 10.1. The van der Waals surface area contributed by atoms with Gasteiger partial charge in [-0.05, 0) is 103 Å². The van der Waals surface area contributed by atoms with E-state index >= 15 is 0 Å². The molecular weight excluding hydrogens is 876 g/mol. The number of phosphoric ester groups is 1. The molecule has 69 heavy (non-hydrogen) atoms. The van der Waals surface area contributed by atoms with E-state index in [-0.39, 0.29) is 19.1 Å². The molecule has 1 amide bonds. The number of nitrogens with one attached hydrogen (secondary N) is 1. The highest BCUT2D eigenvalue weighted by molar-refractivity contribution is 7.47. The number of amides is 1. The number of aliphatic hydroxyl groups is 1. The van der Waals surface area contributed by atoms with Crippen molar-refractivity contribution in [1.29, 1.82) is 0 Å². The van der Waals surface area contributed by atoms with Gasteiger partial charge in [-0.25, -0.2) is 4.57 Å². The third-order valence-corrected chi connectivity index (χ3v) is 11.8. The van der Waals surface area contributed by atoms with E-state index in [1.807, 2.05) is 27.2 Å². The van der Waals surface area contributed by atoms with Crippen LogP contribution in [0.1, 0.15) is 174 Å². The van der Waals surface area contributed by atoms with E-state index in [4.69, 9.17) is 9.05 Å². The standard InChI is InChI=1S/C60H99N2O6P/c1-6-8-10-12-14-15-16-17-18-19-20-21-22-23-24-25-26-27-28-29-30-31-32-33-34-35-36-37-38-39-40-41-42-43-44-45-46-47-48-50-52-54-60(64)61-58(59(63)53-51-49-13-11-9-7-2)57-68-69(65,66)67-56-55-62(3,4)5/h8,10,14-15,17-18,20-21,23-24,26-27,29-30,32-33,35-36,38-39,41-42,51,53,58-59,63H,6-7,9,11-13,16,19,22,25,28,31,34,37,40,43-50,52,54-57H2,1-5H3,(H-,61,64,65,66)/p+1/b10-8-,15-14-,18-17-,21-20-,24-23-,27-26-,30-29-,33-32-,36-35-,39-38-,42-41-,53-51+. The van der Waals surface area contributed by atoms with Gasteiger partial charge < -0.3 is 19.8 Å². The monoisotopic (exact) mass is 976 g/mol. The first kappa shape index (κ1) is 65.4. The van der Waals surface area contributed by atoms with E-state index in [1.165, 1.54) is 25.7 Å². The molecule has 0 fully saturated rings. The van der Waals surface area contributed by atoms with Crippen LogP contribution in [0.15, 0.2) is 146 Å². The molecule has 9 heteroatoms. The molecule has 0 radical (unpaired) electrons. The Morgan fingerprint density at radius 1 is 0.507 bits per heavy atom. The normalized spacial score (nSPS) is 15.2. The molecule has 0 saturated heterocycles. The molecule has 8 nitrogen and oxygen atoms in total. The highest BCUT2D eigenvalue weighted by Crippen LogP contribution is 2.43. The first-order chi connectivity index (χ1) is 33.5. The summed E-state index contributed by atoms with van der Waals surface area (Å²) in [5, 5.41) is 13.7. The molecule has 3 N–H and O–H groups in total. The quantitative estimate of drug-likeness (QED) is 0.0243. The summed E-state index contributed by atoms with van der Waals surface area (Å²) < 4.78 is 23.4. The second-order valence-electron chi connectivity index (χ2n) is 18.5. The number of carbonyl (C=O) groups is 1. The number of rotatable bonds is 46. The maximum atomic E-state index is 12.8. The first-order valence-electron chi connectivity index (χ1n) is 26.7. The van der Waals surface area contributed by atoms with Crippen molar-refractivity contribution in [2.24, 2.45) is 0 Å². The number of hydrogen-bond donors (Lipinski definition) is 3. The van der Waals surface area contributed by atoms with Crippen LogP contribution < -0.4 is 5.32 Å². The molecular formula is C60H100N2O6P+. The van der Waals surface area contributed by atoms with Crippen molar-refractivity contribution in [2.75, 3.05) is 40.9 Å². The van der Waals surface area contributed by atoms with Crippen LogP contribution in [0, 0.1) is 0 Å². The average molecular weight is 976 g/mol. The lowest BCUT2D eigenvalue weighted by molar-refractivity contribution is -0.870. The molecule has 390 valence electrons. The zero-order valence-electron chi connectivity index (χ0n) is 44.2. The molecule has 0 aliphatic heterocycles. The first-order valence-corrected chi connectivity index (χ1v) is 28.2. The SMILES string of the molecule is CC/C=C\C/C=C\C/C=C\C/C=C\C/C=C\C/C=C\C/C=C\C/C=C\C/C=C\C/C=C\C/C=C\CCCCCCCCCC(=O)NC(COP(=O)(O)OCC[N+](C)(C)C)C(O)/C=C/CCCCCC. The average Bonchev–Trinajstić information content (AvgIpc) is 3.31. The van der Waals surface area contributed by atoms with Gasteiger partial charge in [-0.3, -0.25) is 13.8 Å². The minimum absolute atomic E-state index is 0.0509. The van der Waals surface area contributed by atoms with Gasteiger partial charge >= 0.3 is 7.82 Å². The van der Waals surface area contributed by atoms with Gasteiger partial charge in [-0.2, -0.15) is 0 Å². The molecule has 0 spiro atoms. The Morgan fingerprint density at radius 3 is 1.28 bits per heavy atom. The maximum absolute atomic E-state index is 12.8. The number of allylic oxidation sites excluding steroid dienone is 23. The van der Waals surface area contributed by atoms with Crippen molar-refractivity contribution in [3.63, 3.8) is 0 Å². The molecule has 0 aliphatic rings. The molecule has 0 aromatic carbocycles. The molecule has 3 atom stereocenters. The lowest BCUT2D eigenvalue weighted by Crippen LogP contribution is -2.45. The van der Waals surface area contributed by atoms with Gasteiger partial charge in [0.25, 0.3) is 0 Å². The Kier molecular flexibility index (Phi) is 46.8. The van der Waals surface area contributed by atoms with E-state index in [0.29, 0.717) is 17.4 Å². The van der Waals surface area contributed by atoms with E-state index in [2.05, 4.69) is 153 Å². The summed E-state index contributed by atoms with van der Waals surface area (Å²) in [6.07, 6.45) is 77.0. The third kappa shape index (κ3) is 52.0. The van der Waals surface area contributed by atoms with Crippen LogP contribution in [-0.4, -0.2) is 73.4 Å². The predicted octanol–water partition coefficient (Wildman–Crippen LogP) is 16.1. The summed E-state index contributed by atoms with van der Waals surface area (Å²) in [6, 6.07) is -0.859. The fourth-order valence-corrected chi connectivity index (χ4v) is 7.37. The van der Waals surface area contributed by atoms with Crippen LogP contribution in [0.3, 0.4) is 0 Å². The number of hydrogen-bond acceptors (Lipinski definition) is 5. The summed E-state index contributed by atoms with van der Waals surface area (Å²) in [5.41, 5.74) is 0. The smallest absolute Gasteiger partial charge is 0.387 e. The molecule has 0 bridgehead atoms. The van der Waals surface area contributed by atoms with Gasteiger partial charge in [-0.15, -0.1) is 0 Å². The van der Waals surface area contributed by atoms with Crippen LogP contribution in [-0.2, 0) is 18.4 Å². The molecule has 0 saturated carbocycles. The van der Waals surface area contributed by atoms with Gasteiger partial charge in [0.15, 0.2) is 0 Å². The Morgan fingerprint density at radius 2 is 0.870 bits per heavy atom. The zero-order valence-corrected chi connectivity index (χ0v) is 45.1. The topological polar surface area (TPSA) is 105 Å². The number of quaternary nitrogens is 1. The number of nitrogens with zero attached hydrogens (tertiary/aromatic N) is 1. The van der Waals surface area contributed by atoms with Gasteiger partial charge in [0, 0.05) is 6.42 Å². The summed E-state index contributed by atoms with van der Waals surface area (Å²) in [5.74, 6) is -0.202. The molecule has 0 aromatic heterocycles. The fourth-order valence-electron chi connectivity index (χ4n) is 6.63. The van der Waals surface area contributed by atoms with Gasteiger partial charge in [0.1, 0.15) is 13.2 Å². The van der Waals surface area contributed by atoms with Crippen molar-refractivity contribution in [3.8, 4) is 0 Å². The highest BCUT2D eigenvalue weighted by atomic mass is 31.2. The summed E-state index contributed by atoms with van der Waals surface area (Å²) in [7, 11) is 1.54. The van der Waals surface area contributed by atoms with E-state index in [1.54, 1.807) is 6.08 Å². The molecule has 0 aromatic rings. The molecule has 3 unspecified atom stereocenters. The third-order valence-electron chi connectivity index (χ3n) is 10.8. The summed E-state index contributed by atoms with van der Waals surface area (Å²) in [6.45, 7) is 4.57. The van der Waals surface area contributed by atoms with Crippen molar-refractivity contribution >= 4 is 13.7 Å². The van der Waals surface area contributed by atoms with Crippen molar-refractivity contribution in [3.05, 3.63) is 146 Å². The molecule has 0 rings (SSSR count). The van der Waals surface area contributed by atoms with Crippen molar-refractivity contribution < 1.29 is 32.9 Å². The van der Waals surface area contributed by atoms with E-state index in [9.17, 15) is 19.4 Å². The minimum atomic E-state index is -4.34.